The molecule has 0 aliphatic rings. The van der Waals surface area contributed by atoms with Crippen molar-refractivity contribution in [3.8, 4) is 33.8 Å². The fourth-order valence-electron chi connectivity index (χ4n) is 3.14. The summed E-state index contributed by atoms with van der Waals surface area (Å²) < 4.78 is 144. The van der Waals surface area contributed by atoms with E-state index < -0.39 is 33.4 Å². The van der Waals surface area contributed by atoms with Crippen LogP contribution in [0.15, 0.2) is 71.6 Å². The summed E-state index contributed by atoms with van der Waals surface area (Å²) in [4.78, 5) is 0.948. The van der Waals surface area contributed by atoms with E-state index in [-0.39, 0.29) is 0 Å². The zero-order chi connectivity index (χ0) is 30.7. The summed E-state index contributed by atoms with van der Waals surface area (Å²) in [6, 6.07) is 22.3. The first-order valence-electron chi connectivity index (χ1n) is 10.5. The molecule has 3 aromatic rings. The minimum atomic E-state index is -7.37. The third kappa shape index (κ3) is 6.44. The molecule has 3 rings (SSSR count). The Bertz CT molecular complexity index is 1410. The second-order valence-electron chi connectivity index (χ2n) is 7.80. The highest BCUT2D eigenvalue weighted by Crippen LogP contribution is 2.54. The number of thiol groups is 1. The molecule has 220 valence electrons. The molecule has 0 aliphatic carbocycles. The lowest BCUT2D eigenvalue weighted by Crippen LogP contribution is -2.63. The van der Waals surface area contributed by atoms with E-state index in [4.69, 9.17) is 14.0 Å². The fraction of sp³-hybridized carbons (Fsp3) is 0.250. The SMILES string of the molecule is COc1ccc(-c2cccc(S)c2-c2ccc(OC)cc2)cc1.O=S(=O)(O)C(F)(F)C(F)(F)C(F)(F)C(F)(F)F. The van der Waals surface area contributed by atoms with E-state index >= 15 is 0 Å². The van der Waals surface area contributed by atoms with Crippen molar-refractivity contribution in [1.82, 2.24) is 0 Å². The van der Waals surface area contributed by atoms with Crippen LogP contribution in [0.3, 0.4) is 0 Å². The number of alkyl halides is 9. The molecular formula is C24H19F9O5S2. The van der Waals surface area contributed by atoms with Crippen molar-refractivity contribution in [2.24, 2.45) is 0 Å². The number of hydrogen-bond acceptors (Lipinski definition) is 5. The molecule has 0 radical (unpaired) electrons. The minimum absolute atomic E-state index is 0.844. The summed E-state index contributed by atoms with van der Waals surface area (Å²) in [5.41, 5.74) is 4.50. The van der Waals surface area contributed by atoms with Crippen LogP contribution in [0.2, 0.25) is 0 Å². The summed E-state index contributed by atoms with van der Waals surface area (Å²) in [5.74, 6) is -13.0. The van der Waals surface area contributed by atoms with Gasteiger partial charge in [-0.15, -0.1) is 12.6 Å². The number of hydrogen-bond donors (Lipinski definition) is 2. The summed E-state index contributed by atoms with van der Waals surface area (Å²) in [6.07, 6.45) is -7.13. The smallest absolute Gasteiger partial charge is 0.460 e. The molecule has 0 atom stereocenters. The molecule has 0 fully saturated rings. The number of ether oxygens (including phenoxy) is 2. The average Bonchev–Trinajstić information content (AvgIpc) is 2.87. The Labute approximate surface area is 227 Å². The van der Waals surface area contributed by atoms with Gasteiger partial charge in [-0.2, -0.15) is 47.9 Å². The second kappa shape index (κ2) is 11.8. The molecule has 0 aromatic heterocycles. The Kier molecular flexibility index (Phi) is 9.75. The Hall–Kier alpha value is -3.11. The summed E-state index contributed by atoms with van der Waals surface area (Å²) in [5, 5.41) is -7.00. The lowest BCUT2D eigenvalue weighted by Gasteiger charge is -2.31. The van der Waals surface area contributed by atoms with Crippen LogP contribution in [-0.2, 0) is 10.1 Å². The maximum absolute atomic E-state index is 12.2. The van der Waals surface area contributed by atoms with Crippen molar-refractivity contribution in [2.75, 3.05) is 14.2 Å². The third-order valence-corrected chi connectivity index (χ3v) is 6.54. The quantitative estimate of drug-likeness (QED) is 0.161. The monoisotopic (exact) mass is 622 g/mol. The Morgan fingerprint density at radius 1 is 0.675 bits per heavy atom. The van der Waals surface area contributed by atoms with Crippen LogP contribution in [0.25, 0.3) is 22.3 Å². The first-order chi connectivity index (χ1) is 18.2. The molecule has 40 heavy (non-hydrogen) atoms. The van der Waals surface area contributed by atoms with E-state index in [0.717, 1.165) is 38.6 Å². The highest BCUT2D eigenvalue weighted by atomic mass is 32.2. The van der Waals surface area contributed by atoms with Crippen molar-refractivity contribution in [3.05, 3.63) is 66.7 Å². The lowest BCUT2D eigenvalue weighted by atomic mass is 9.94. The van der Waals surface area contributed by atoms with Gasteiger partial charge in [0.1, 0.15) is 11.5 Å². The highest BCUT2D eigenvalue weighted by Gasteiger charge is 2.85. The van der Waals surface area contributed by atoms with Crippen molar-refractivity contribution >= 4 is 22.7 Å². The van der Waals surface area contributed by atoms with E-state index in [9.17, 15) is 47.9 Å². The Morgan fingerprint density at radius 2 is 1.10 bits per heavy atom. The van der Waals surface area contributed by atoms with Gasteiger partial charge in [-0.25, -0.2) is 0 Å². The largest absolute Gasteiger partial charge is 0.497 e. The van der Waals surface area contributed by atoms with Gasteiger partial charge in [0.25, 0.3) is 0 Å². The maximum atomic E-state index is 12.2. The third-order valence-electron chi connectivity index (χ3n) is 5.26. The normalized spacial score (nSPS) is 12.8. The first kappa shape index (κ1) is 33.1. The van der Waals surface area contributed by atoms with Gasteiger partial charge in [0.2, 0.25) is 0 Å². The van der Waals surface area contributed by atoms with E-state index in [1.807, 2.05) is 36.4 Å². The van der Waals surface area contributed by atoms with Gasteiger partial charge in [-0.1, -0.05) is 36.4 Å². The van der Waals surface area contributed by atoms with Crippen LogP contribution in [0, 0.1) is 0 Å². The van der Waals surface area contributed by atoms with Crippen molar-refractivity contribution in [3.63, 3.8) is 0 Å². The molecule has 0 bridgehead atoms. The number of halogens is 9. The molecule has 0 saturated carbocycles. The molecule has 16 heteroatoms. The molecule has 0 aliphatic heterocycles. The van der Waals surface area contributed by atoms with Crippen molar-refractivity contribution in [2.45, 2.75) is 28.2 Å². The topological polar surface area (TPSA) is 72.8 Å². The highest BCUT2D eigenvalue weighted by molar-refractivity contribution is 7.87. The molecule has 0 unspecified atom stereocenters. The van der Waals surface area contributed by atoms with Gasteiger partial charge < -0.3 is 9.47 Å². The van der Waals surface area contributed by atoms with Crippen molar-refractivity contribution < 1.29 is 62.0 Å². The number of rotatable bonds is 7. The predicted octanol–water partition coefficient (Wildman–Crippen LogP) is 7.63. The average molecular weight is 623 g/mol. The molecule has 0 heterocycles. The van der Waals surface area contributed by atoms with Crippen LogP contribution < -0.4 is 9.47 Å². The summed E-state index contributed by atoms with van der Waals surface area (Å²) in [7, 11) is -3.82. The predicted molar refractivity (Wildman–Crippen MR) is 130 cm³/mol. The number of methoxy groups -OCH3 is 2. The number of benzene rings is 3. The Morgan fingerprint density at radius 3 is 1.48 bits per heavy atom. The van der Waals surface area contributed by atoms with Gasteiger partial charge in [0.05, 0.1) is 14.2 Å². The van der Waals surface area contributed by atoms with Gasteiger partial charge in [-0.05, 0) is 47.0 Å². The fourth-order valence-corrected chi connectivity index (χ4v) is 3.92. The molecule has 0 spiro atoms. The molecule has 5 nitrogen and oxygen atoms in total. The standard InChI is InChI=1S/C20H18O2S.C4HF9O3S/c1-21-16-10-6-14(7-11-16)18-4-3-5-19(23)20(18)15-8-12-17(22-2)13-9-15;5-1(6,3(9,10)11)2(7,8)4(12,13)17(14,15)16/h3-13,23H,1-2H3;(H,14,15,16). The van der Waals surface area contributed by atoms with Crippen LogP contribution >= 0.6 is 12.6 Å². The van der Waals surface area contributed by atoms with Crippen LogP contribution in [0.1, 0.15) is 0 Å². The van der Waals surface area contributed by atoms with E-state index in [1.165, 1.54) is 0 Å². The molecule has 0 saturated heterocycles. The van der Waals surface area contributed by atoms with E-state index in [0.29, 0.717) is 0 Å². The van der Waals surface area contributed by atoms with Crippen LogP contribution in [0.5, 0.6) is 11.5 Å². The first-order valence-corrected chi connectivity index (χ1v) is 12.4. The van der Waals surface area contributed by atoms with E-state index in [1.54, 1.807) is 14.2 Å². The zero-order valence-corrected chi connectivity index (χ0v) is 21.9. The lowest BCUT2D eigenvalue weighted by molar-refractivity contribution is -0.382. The molecule has 1 N–H and O–H groups in total. The Balaban J connectivity index is 0.000000296. The molecular weight excluding hydrogens is 603 g/mol. The van der Waals surface area contributed by atoms with Gasteiger partial charge >= 0.3 is 33.4 Å². The minimum Gasteiger partial charge on any atom is -0.497 e. The van der Waals surface area contributed by atoms with E-state index in [2.05, 4.69) is 43.0 Å². The van der Waals surface area contributed by atoms with Gasteiger partial charge in [-0.3, -0.25) is 4.55 Å². The van der Waals surface area contributed by atoms with Gasteiger partial charge in [0.15, 0.2) is 0 Å². The summed E-state index contributed by atoms with van der Waals surface area (Å²) >= 11 is 4.66. The van der Waals surface area contributed by atoms with Crippen LogP contribution in [0.4, 0.5) is 39.5 Å². The van der Waals surface area contributed by atoms with Crippen molar-refractivity contribution in [1.29, 1.82) is 0 Å². The molecule has 0 amide bonds. The second-order valence-corrected chi connectivity index (χ2v) is 9.74. The maximum Gasteiger partial charge on any atom is 0.460 e. The van der Waals surface area contributed by atoms with Crippen LogP contribution in [-0.4, -0.2) is 50.5 Å². The zero-order valence-electron chi connectivity index (χ0n) is 20.2. The van der Waals surface area contributed by atoms with Gasteiger partial charge in [0, 0.05) is 10.5 Å². The summed E-state index contributed by atoms with van der Waals surface area (Å²) in [6.45, 7) is 0. The molecule has 3 aromatic carbocycles.